The van der Waals surface area contributed by atoms with Gasteiger partial charge in [-0.3, -0.25) is 14.5 Å². The predicted molar refractivity (Wildman–Crippen MR) is 129 cm³/mol. The van der Waals surface area contributed by atoms with Crippen LogP contribution in [0.2, 0.25) is 0 Å². The van der Waals surface area contributed by atoms with Crippen molar-refractivity contribution in [2.75, 3.05) is 22.6 Å². The van der Waals surface area contributed by atoms with Crippen LogP contribution in [0, 0.1) is 0 Å². The number of unbranched alkanes of at least 4 members (excludes halogenated alkanes) is 4. The van der Waals surface area contributed by atoms with Crippen molar-refractivity contribution in [2.45, 2.75) is 57.7 Å². The molecule has 0 spiro atoms. The van der Waals surface area contributed by atoms with Crippen LogP contribution < -0.4 is 15.0 Å². The molecule has 3 rings (SSSR count). The number of para-hydroxylation sites is 2. The molecule has 0 radical (unpaired) electrons. The van der Waals surface area contributed by atoms with Gasteiger partial charge >= 0.3 is 0 Å². The van der Waals surface area contributed by atoms with Crippen LogP contribution in [0.15, 0.2) is 48.5 Å². The molecular weight excluding hydrogens is 408 g/mol. The summed E-state index contributed by atoms with van der Waals surface area (Å²) in [6.45, 7) is 4.66. The molecule has 1 saturated heterocycles. The third kappa shape index (κ3) is 6.26. The lowest BCUT2D eigenvalue weighted by atomic mass is 10.1. The molecule has 5 nitrogen and oxygen atoms in total. The quantitative estimate of drug-likeness (QED) is 0.425. The van der Waals surface area contributed by atoms with Crippen LogP contribution >= 0.6 is 11.8 Å². The van der Waals surface area contributed by atoms with E-state index < -0.39 is 0 Å². The Labute approximate surface area is 189 Å². The van der Waals surface area contributed by atoms with E-state index >= 15 is 0 Å². The number of carbonyl (C=O) groups is 2. The van der Waals surface area contributed by atoms with E-state index in [0.29, 0.717) is 24.5 Å². The fourth-order valence-corrected chi connectivity index (χ4v) is 4.91. The molecule has 1 aliphatic rings. The standard InChI is InChI=1S/C25H32N2O3S/c1-3-5-6-7-8-16-23(28)26-20-13-11-12-19(17-20)25-27(24(29)18-31-25)21-14-9-10-15-22(21)30-4-2/h9-15,17,25H,3-8,16,18H2,1-2H3,(H,26,28)/t25-/m0/s1. The van der Waals surface area contributed by atoms with Gasteiger partial charge in [0.05, 0.1) is 18.0 Å². The summed E-state index contributed by atoms with van der Waals surface area (Å²) in [5.74, 6) is 1.23. The minimum Gasteiger partial charge on any atom is -0.492 e. The number of rotatable bonds is 11. The third-order valence-electron chi connectivity index (χ3n) is 5.26. The summed E-state index contributed by atoms with van der Waals surface area (Å²) >= 11 is 1.59. The average Bonchev–Trinajstić information content (AvgIpc) is 3.16. The van der Waals surface area contributed by atoms with Crippen molar-refractivity contribution in [1.82, 2.24) is 0 Å². The molecule has 6 heteroatoms. The highest BCUT2D eigenvalue weighted by molar-refractivity contribution is 8.00. The van der Waals surface area contributed by atoms with Gasteiger partial charge < -0.3 is 10.1 Å². The molecule has 2 aromatic carbocycles. The van der Waals surface area contributed by atoms with Crippen molar-refractivity contribution in [3.8, 4) is 5.75 Å². The largest absolute Gasteiger partial charge is 0.492 e. The summed E-state index contributed by atoms with van der Waals surface area (Å²) < 4.78 is 5.76. The first-order chi connectivity index (χ1) is 15.1. The number of benzene rings is 2. The lowest BCUT2D eigenvalue weighted by Gasteiger charge is -2.26. The normalized spacial score (nSPS) is 15.9. The molecular formula is C25H32N2O3S. The van der Waals surface area contributed by atoms with E-state index in [0.717, 1.165) is 29.8 Å². The van der Waals surface area contributed by atoms with Crippen LogP contribution in [0.5, 0.6) is 5.75 Å². The van der Waals surface area contributed by atoms with Crippen molar-refractivity contribution in [2.24, 2.45) is 0 Å². The van der Waals surface area contributed by atoms with Gasteiger partial charge in [0.25, 0.3) is 0 Å². The molecule has 0 unspecified atom stereocenters. The van der Waals surface area contributed by atoms with E-state index in [1.807, 2.05) is 60.4 Å². The Morgan fingerprint density at radius 3 is 2.71 bits per heavy atom. The number of nitrogens with zero attached hydrogens (tertiary/aromatic N) is 1. The molecule has 1 fully saturated rings. The Balaban J connectivity index is 1.71. The first-order valence-electron chi connectivity index (χ1n) is 11.2. The summed E-state index contributed by atoms with van der Waals surface area (Å²) in [6.07, 6.45) is 6.16. The van der Waals surface area contributed by atoms with Crippen LogP contribution in [-0.2, 0) is 9.59 Å². The maximum absolute atomic E-state index is 12.8. The minimum atomic E-state index is -0.153. The fourth-order valence-electron chi connectivity index (χ4n) is 3.75. The zero-order valence-electron chi connectivity index (χ0n) is 18.4. The van der Waals surface area contributed by atoms with Gasteiger partial charge in [-0.1, -0.05) is 56.9 Å². The monoisotopic (exact) mass is 440 g/mol. The highest BCUT2D eigenvalue weighted by Crippen LogP contribution is 2.45. The van der Waals surface area contributed by atoms with Crippen LogP contribution in [0.1, 0.15) is 63.3 Å². The number of ether oxygens (including phenoxy) is 1. The van der Waals surface area contributed by atoms with Crippen LogP contribution in [0.3, 0.4) is 0 Å². The smallest absolute Gasteiger partial charge is 0.238 e. The zero-order valence-corrected chi connectivity index (χ0v) is 19.2. The SMILES string of the molecule is CCCCCCCC(=O)Nc1cccc([C@@H]2SCC(=O)N2c2ccccc2OCC)c1. The Hall–Kier alpha value is -2.47. The molecule has 1 N–H and O–H groups in total. The number of nitrogens with one attached hydrogen (secondary N) is 1. The summed E-state index contributed by atoms with van der Waals surface area (Å²) in [5.41, 5.74) is 2.54. The molecule has 1 aliphatic heterocycles. The second kappa shape index (κ2) is 11.8. The molecule has 2 aromatic rings. The van der Waals surface area contributed by atoms with Gasteiger partial charge in [0.2, 0.25) is 11.8 Å². The lowest BCUT2D eigenvalue weighted by Crippen LogP contribution is -2.28. The third-order valence-corrected chi connectivity index (χ3v) is 6.47. The molecule has 166 valence electrons. The second-order valence-corrected chi connectivity index (χ2v) is 8.73. The number of hydrogen-bond donors (Lipinski definition) is 1. The highest BCUT2D eigenvalue weighted by Gasteiger charge is 2.35. The molecule has 2 amide bonds. The van der Waals surface area contributed by atoms with Crippen molar-refractivity contribution in [3.63, 3.8) is 0 Å². The molecule has 0 aliphatic carbocycles. The van der Waals surface area contributed by atoms with Gasteiger partial charge in [0, 0.05) is 12.1 Å². The number of amides is 2. The summed E-state index contributed by atoms with van der Waals surface area (Å²) in [4.78, 5) is 26.9. The number of carbonyl (C=O) groups excluding carboxylic acids is 2. The Morgan fingerprint density at radius 1 is 1.10 bits per heavy atom. The van der Waals surface area contributed by atoms with Gasteiger partial charge in [-0.2, -0.15) is 0 Å². The molecule has 1 atom stereocenters. The Kier molecular flexibility index (Phi) is 8.83. The molecule has 0 aromatic heterocycles. The molecule has 31 heavy (non-hydrogen) atoms. The summed E-state index contributed by atoms with van der Waals surface area (Å²) in [7, 11) is 0. The van der Waals surface area contributed by atoms with E-state index in [-0.39, 0.29) is 17.2 Å². The van der Waals surface area contributed by atoms with Gasteiger partial charge in [-0.25, -0.2) is 0 Å². The van der Waals surface area contributed by atoms with Crippen molar-refractivity contribution in [1.29, 1.82) is 0 Å². The predicted octanol–water partition coefficient (Wildman–Crippen LogP) is 6.16. The molecule has 0 saturated carbocycles. The molecule has 1 heterocycles. The lowest BCUT2D eigenvalue weighted by molar-refractivity contribution is -0.117. The van der Waals surface area contributed by atoms with Crippen LogP contribution in [0.4, 0.5) is 11.4 Å². The number of anilines is 2. The van der Waals surface area contributed by atoms with E-state index in [9.17, 15) is 9.59 Å². The van der Waals surface area contributed by atoms with E-state index in [1.54, 1.807) is 11.8 Å². The minimum absolute atomic E-state index is 0.0438. The van der Waals surface area contributed by atoms with E-state index in [2.05, 4.69) is 12.2 Å². The second-order valence-electron chi connectivity index (χ2n) is 7.67. The highest BCUT2D eigenvalue weighted by atomic mass is 32.2. The fraction of sp³-hybridized carbons (Fsp3) is 0.440. The van der Waals surface area contributed by atoms with Crippen LogP contribution in [0.25, 0.3) is 0 Å². The van der Waals surface area contributed by atoms with E-state index in [4.69, 9.17) is 4.74 Å². The first kappa shape index (κ1) is 23.2. The van der Waals surface area contributed by atoms with Gasteiger partial charge in [-0.15, -0.1) is 11.8 Å². The first-order valence-corrected chi connectivity index (χ1v) is 12.2. The zero-order chi connectivity index (χ0) is 22.1. The molecule has 0 bridgehead atoms. The topological polar surface area (TPSA) is 58.6 Å². The summed E-state index contributed by atoms with van der Waals surface area (Å²) in [5, 5.41) is 2.87. The van der Waals surface area contributed by atoms with Crippen molar-refractivity contribution < 1.29 is 14.3 Å². The van der Waals surface area contributed by atoms with Crippen LogP contribution in [-0.4, -0.2) is 24.2 Å². The average molecular weight is 441 g/mol. The van der Waals surface area contributed by atoms with E-state index in [1.165, 1.54) is 19.3 Å². The summed E-state index contributed by atoms with van der Waals surface area (Å²) in [6, 6.07) is 15.5. The van der Waals surface area contributed by atoms with Gasteiger partial charge in [-0.05, 0) is 43.2 Å². The Bertz CT molecular complexity index is 887. The number of thioether (sulfide) groups is 1. The Morgan fingerprint density at radius 2 is 1.90 bits per heavy atom. The van der Waals surface area contributed by atoms with Gasteiger partial charge in [0.1, 0.15) is 11.1 Å². The maximum Gasteiger partial charge on any atom is 0.238 e. The number of hydrogen-bond acceptors (Lipinski definition) is 4. The maximum atomic E-state index is 12.8. The van der Waals surface area contributed by atoms with Crippen molar-refractivity contribution in [3.05, 3.63) is 54.1 Å². The van der Waals surface area contributed by atoms with Crippen molar-refractivity contribution >= 4 is 35.0 Å². The van der Waals surface area contributed by atoms with Gasteiger partial charge in [0.15, 0.2) is 0 Å².